The predicted molar refractivity (Wildman–Crippen MR) is 143 cm³/mol. The smallest absolute Gasteiger partial charge is 0.274 e. The van der Waals surface area contributed by atoms with Gasteiger partial charge < -0.3 is 14.4 Å². The first-order chi connectivity index (χ1) is 18.5. The summed E-state index contributed by atoms with van der Waals surface area (Å²) >= 11 is 0. The predicted octanol–water partition coefficient (Wildman–Crippen LogP) is 3.60. The summed E-state index contributed by atoms with van der Waals surface area (Å²) in [5, 5.41) is 16.0. The number of morpholine rings is 1. The highest BCUT2D eigenvalue weighted by Crippen LogP contribution is 2.36. The summed E-state index contributed by atoms with van der Waals surface area (Å²) in [6, 6.07) is 10.7. The third-order valence-corrected chi connectivity index (χ3v) is 7.61. The fourth-order valence-electron chi connectivity index (χ4n) is 3.94. The summed E-state index contributed by atoms with van der Waals surface area (Å²) < 4.78 is 41.9. The van der Waals surface area contributed by atoms with Gasteiger partial charge in [-0.15, -0.1) is 0 Å². The number of nitro benzene ring substituents is 1. The number of ether oxygens (including phenoxy) is 2. The van der Waals surface area contributed by atoms with Gasteiger partial charge in [0.2, 0.25) is 15.9 Å². The molecule has 0 bridgehead atoms. The van der Waals surface area contributed by atoms with E-state index < -0.39 is 25.5 Å². The summed E-state index contributed by atoms with van der Waals surface area (Å²) in [6.07, 6.45) is 0. The Kier molecular flexibility index (Phi) is 8.33. The molecule has 13 heteroatoms. The summed E-state index contributed by atoms with van der Waals surface area (Å²) in [5.74, 6) is -0.327. The van der Waals surface area contributed by atoms with Gasteiger partial charge in [0, 0.05) is 37.3 Å². The van der Waals surface area contributed by atoms with Crippen molar-refractivity contribution < 1.29 is 27.6 Å². The molecule has 1 saturated heterocycles. The van der Waals surface area contributed by atoms with Crippen molar-refractivity contribution >= 4 is 21.6 Å². The third-order valence-electron chi connectivity index (χ3n) is 6.16. The molecule has 1 amide bonds. The number of carbonyl (C=O) groups excluding carboxylic acids is 1. The maximum absolute atomic E-state index is 13.4. The minimum atomic E-state index is -4.18. The molecule has 0 aliphatic carbocycles. The average molecular weight is 558 g/mol. The molecule has 4 rings (SSSR count). The average Bonchev–Trinajstić information content (AvgIpc) is 3.23. The van der Waals surface area contributed by atoms with E-state index in [2.05, 4.69) is 9.82 Å². The largest absolute Gasteiger partial charge is 0.437 e. The second-order valence-electron chi connectivity index (χ2n) is 9.67. The Bertz CT molecular complexity index is 1480. The Hall–Kier alpha value is -3.81. The van der Waals surface area contributed by atoms with Crippen molar-refractivity contribution in [2.24, 2.45) is 5.92 Å². The van der Waals surface area contributed by atoms with Crippen LogP contribution in [0.3, 0.4) is 0 Å². The quantitative estimate of drug-likeness (QED) is 0.310. The molecule has 39 heavy (non-hydrogen) atoms. The van der Waals surface area contributed by atoms with E-state index in [1.54, 1.807) is 24.0 Å². The number of benzene rings is 2. The Morgan fingerprint density at radius 1 is 1.15 bits per heavy atom. The lowest BCUT2D eigenvalue weighted by Crippen LogP contribution is -2.41. The van der Waals surface area contributed by atoms with Gasteiger partial charge in [-0.3, -0.25) is 14.9 Å². The molecule has 1 aliphatic rings. The summed E-state index contributed by atoms with van der Waals surface area (Å²) in [4.78, 5) is 25.4. The van der Waals surface area contributed by atoms with Gasteiger partial charge in [-0.05, 0) is 38.0 Å². The van der Waals surface area contributed by atoms with Crippen LogP contribution in [-0.4, -0.2) is 66.8 Å². The van der Waals surface area contributed by atoms with Crippen molar-refractivity contribution in [3.05, 3.63) is 69.4 Å². The van der Waals surface area contributed by atoms with Crippen LogP contribution >= 0.6 is 0 Å². The summed E-state index contributed by atoms with van der Waals surface area (Å²) in [6.45, 7) is 9.06. The molecule has 0 spiro atoms. The number of aryl methyl sites for hydroxylation is 1. The number of amides is 1. The van der Waals surface area contributed by atoms with Crippen LogP contribution in [0.2, 0.25) is 0 Å². The SMILES string of the molecule is Cc1ccc(-n2nc(C(=O)N3CCOCC3)c(C)c2Oc2ccc([N+](=O)[O-])cc2S(=O)(=O)NCC(C)C)cc1. The highest BCUT2D eigenvalue weighted by atomic mass is 32.2. The molecule has 1 aromatic heterocycles. The third kappa shape index (κ3) is 6.27. The Balaban J connectivity index is 1.84. The monoisotopic (exact) mass is 557 g/mol. The fourth-order valence-corrected chi connectivity index (χ4v) is 5.30. The van der Waals surface area contributed by atoms with Crippen molar-refractivity contribution in [1.29, 1.82) is 0 Å². The van der Waals surface area contributed by atoms with Crippen molar-refractivity contribution in [3.8, 4) is 17.3 Å². The van der Waals surface area contributed by atoms with E-state index in [0.29, 0.717) is 37.6 Å². The molecule has 0 unspecified atom stereocenters. The maximum atomic E-state index is 13.4. The van der Waals surface area contributed by atoms with Crippen molar-refractivity contribution in [1.82, 2.24) is 19.4 Å². The standard InChI is InChI=1S/C26H31N5O7S/c1-17(2)16-27-39(35,36)23-15-21(31(33)34)9-10-22(23)38-26-19(4)24(25(32)29-11-13-37-14-12-29)28-30(26)20-7-5-18(3)6-8-20/h5-10,15,17,27H,11-14,16H2,1-4H3. The van der Waals surface area contributed by atoms with E-state index in [0.717, 1.165) is 11.6 Å². The first-order valence-corrected chi connectivity index (χ1v) is 14.0. The van der Waals surface area contributed by atoms with Crippen LogP contribution in [0.5, 0.6) is 11.6 Å². The first-order valence-electron chi connectivity index (χ1n) is 12.5. The molecule has 2 aromatic carbocycles. The van der Waals surface area contributed by atoms with Gasteiger partial charge in [-0.2, -0.15) is 9.78 Å². The molecule has 12 nitrogen and oxygen atoms in total. The van der Waals surface area contributed by atoms with Gasteiger partial charge in [0.05, 0.1) is 23.8 Å². The van der Waals surface area contributed by atoms with Gasteiger partial charge in [-0.1, -0.05) is 31.5 Å². The summed E-state index contributed by atoms with van der Waals surface area (Å²) in [7, 11) is -4.18. The molecule has 2 heterocycles. The topological polar surface area (TPSA) is 146 Å². The van der Waals surface area contributed by atoms with Crippen LogP contribution in [0.15, 0.2) is 47.4 Å². The number of nitrogens with one attached hydrogen (secondary N) is 1. The van der Waals surface area contributed by atoms with Gasteiger partial charge in [0.25, 0.3) is 11.6 Å². The van der Waals surface area contributed by atoms with E-state index in [9.17, 15) is 23.3 Å². The zero-order chi connectivity index (χ0) is 28.3. The van der Waals surface area contributed by atoms with Crippen LogP contribution in [0.25, 0.3) is 5.69 Å². The normalized spacial score (nSPS) is 14.0. The maximum Gasteiger partial charge on any atom is 0.274 e. The Labute approximate surface area is 226 Å². The molecule has 0 saturated carbocycles. The number of sulfonamides is 1. The highest BCUT2D eigenvalue weighted by Gasteiger charge is 2.30. The van der Waals surface area contributed by atoms with Gasteiger partial charge in [0.1, 0.15) is 10.6 Å². The number of nitro groups is 1. The number of hydrogen-bond donors (Lipinski definition) is 1. The van der Waals surface area contributed by atoms with Gasteiger partial charge in [-0.25, -0.2) is 13.1 Å². The minimum absolute atomic E-state index is 0.00168. The van der Waals surface area contributed by atoms with E-state index in [4.69, 9.17) is 9.47 Å². The number of hydrogen-bond acceptors (Lipinski definition) is 8. The lowest BCUT2D eigenvalue weighted by atomic mass is 10.2. The van der Waals surface area contributed by atoms with Crippen molar-refractivity contribution in [2.75, 3.05) is 32.8 Å². The molecular formula is C26H31N5O7S. The zero-order valence-electron chi connectivity index (χ0n) is 22.2. The zero-order valence-corrected chi connectivity index (χ0v) is 23.0. The Morgan fingerprint density at radius 3 is 2.44 bits per heavy atom. The van der Waals surface area contributed by atoms with Crippen molar-refractivity contribution in [2.45, 2.75) is 32.6 Å². The van der Waals surface area contributed by atoms with E-state index in [1.807, 2.05) is 32.9 Å². The Morgan fingerprint density at radius 2 is 1.82 bits per heavy atom. The molecule has 1 N–H and O–H groups in total. The number of rotatable bonds is 9. The molecule has 0 radical (unpaired) electrons. The number of aromatic nitrogens is 2. The molecule has 1 fully saturated rings. The lowest BCUT2D eigenvalue weighted by molar-refractivity contribution is -0.385. The highest BCUT2D eigenvalue weighted by molar-refractivity contribution is 7.89. The number of non-ortho nitro benzene ring substituents is 1. The van der Waals surface area contributed by atoms with Crippen LogP contribution in [0.1, 0.15) is 35.5 Å². The van der Waals surface area contributed by atoms with Gasteiger partial charge >= 0.3 is 0 Å². The molecular weight excluding hydrogens is 526 g/mol. The molecule has 0 atom stereocenters. The number of nitrogens with zero attached hydrogens (tertiary/aromatic N) is 4. The summed E-state index contributed by atoms with van der Waals surface area (Å²) in [5.41, 5.74) is 1.73. The van der Waals surface area contributed by atoms with E-state index in [1.165, 1.54) is 16.8 Å². The van der Waals surface area contributed by atoms with Crippen LogP contribution < -0.4 is 9.46 Å². The second-order valence-corrected chi connectivity index (χ2v) is 11.4. The fraction of sp³-hybridized carbons (Fsp3) is 0.385. The van der Waals surface area contributed by atoms with Crippen LogP contribution in [-0.2, 0) is 14.8 Å². The molecule has 208 valence electrons. The minimum Gasteiger partial charge on any atom is -0.437 e. The molecule has 1 aliphatic heterocycles. The van der Waals surface area contributed by atoms with Crippen LogP contribution in [0.4, 0.5) is 5.69 Å². The second kappa shape index (κ2) is 11.5. The van der Waals surface area contributed by atoms with E-state index in [-0.39, 0.29) is 35.7 Å². The molecule has 3 aromatic rings. The van der Waals surface area contributed by atoms with Gasteiger partial charge in [0.15, 0.2) is 5.69 Å². The van der Waals surface area contributed by atoms with E-state index >= 15 is 0 Å². The number of carbonyl (C=O) groups is 1. The van der Waals surface area contributed by atoms with Crippen LogP contribution in [0, 0.1) is 29.9 Å². The lowest BCUT2D eigenvalue weighted by Gasteiger charge is -2.26. The van der Waals surface area contributed by atoms with Crippen molar-refractivity contribution in [3.63, 3.8) is 0 Å². The first kappa shape index (κ1) is 28.2.